The number of para-hydroxylation sites is 1. The molecule has 0 aliphatic carbocycles. The van der Waals surface area contributed by atoms with Crippen molar-refractivity contribution in [1.29, 1.82) is 0 Å². The average Bonchev–Trinajstić information content (AvgIpc) is 3.04. The number of halogens is 1. The van der Waals surface area contributed by atoms with Crippen LogP contribution in [-0.2, 0) is 6.54 Å². The van der Waals surface area contributed by atoms with Gasteiger partial charge >= 0.3 is 0 Å². The molecule has 0 unspecified atom stereocenters. The topological polar surface area (TPSA) is 17.8 Å². The van der Waals surface area contributed by atoms with E-state index in [-0.39, 0.29) is 0 Å². The highest BCUT2D eigenvalue weighted by Gasteiger charge is 2.16. The van der Waals surface area contributed by atoms with Gasteiger partial charge in [-0.25, -0.2) is 0 Å². The molecule has 0 aliphatic rings. The zero-order valence-electron chi connectivity index (χ0n) is 14.6. The first-order valence-corrected chi connectivity index (χ1v) is 9.76. The predicted octanol–water partition coefficient (Wildman–Crippen LogP) is 6.67. The molecule has 0 fully saturated rings. The van der Waals surface area contributed by atoms with Gasteiger partial charge in [0.1, 0.15) is 0 Å². The molecular formula is C24H17BrN2. The van der Waals surface area contributed by atoms with E-state index in [0.717, 1.165) is 22.3 Å². The van der Waals surface area contributed by atoms with Crippen molar-refractivity contribution in [1.82, 2.24) is 9.55 Å². The van der Waals surface area contributed by atoms with Crippen LogP contribution in [0.4, 0.5) is 0 Å². The standard InChI is InChI=1S/C24H17BrN2/c25-19-12-10-18(11-13-19)23-24-21(14-15-26-23)20-8-4-5-9-22(20)27(24)16-17-6-2-1-3-7-17/h1-15H,16H2. The summed E-state index contributed by atoms with van der Waals surface area (Å²) in [6.07, 6.45) is 1.92. The number of benzene rings is 3. The fourth-order valence-corrected chi connectivity index (χ4v) is 4.02. The average molecular weight is 413 g/mol. The summed E-state index contributed by atoms with van der Waals surface area (Å²) in [5, 5.41) is 2.51. The lowest BCUT2D eigenvalue weighted by molar-refractivity contribution is 0.868. The lowest BCUT2D eigenvalue weighted by atomic mass is 10.1. The maximum Gasteiger partial charge on any atom is 0.0945 e. The first-order valence-electron chi connectivity index (χ1n) is 8.97. The van der Waals surface area contributed by atoms with Crippen molar-refractivity contribution in [2.24, 2.45) is 0 Å². The quantitative estimate of drug-likeness (QED) is 0.323. The van der Waals surface area contributed by atoms with Crippen LogP contribution in [0.25, 0.3) is 33.1 Å². The van der Waals surface area contributed by atoms with Crippen LogP contribution in [0, 0.1) is 0 Å². The smallest absolute Gasteiger partial charge is 0.0945 e. The van der Waals surface area contributed by atoms with E-state index in [1.807, 2.05) is 6.20 Å². The summed E-state index contributed by atoms with van der Waals surface area (Å²) in [5.74, 6) is 0. The summed E-state index contributed by atoms with van der Waals surface area (Å²) >= 11 is 3.53. The summed E-state index contributed by atoms with van der Waals surface area (Å²) in [5.41, 5.74) is 5.85. The van der Waals surface area contributed by atoms with E-state index in [9.17, 15) is 0 Å². The van der Waals surface area contributed by atoms with Gasteiger partial charge in [-0.1, -0.05) is 76.6 Å². The molecule has 0 aliphatic heterocycles. The molecule has 3 heteroatoms. The van der Waals surface area contributed by atoms with Gasteiger partial charge in [0, 0.05) is 39.1 Å². The van der Waals surface area contributed by atoms with Crippen LogP contribution < -0.4 is 0 Å². The van der Waals surface area contributed by atoms with Gasteiger partial charge in [-0.2, -0.15) is 0 Å². The summed E-state index contributed by atoms with van der Waals surface area (Å²) in [7, 11) is 0. The second-order valence-electron chi connectivity index (χ2n) is 6.65. The normalized spacial score (nSPS) is 11.3. The molecule has 3 aromatic carbocycles. The Balaban J connectivity index is 1.83. The number of nitrogens with zero attached hydrogens (tertiary/aromatic N) is 2. The van der Waals surface area contributed by atoms with E-state index in [1.165, 1.54) is 27.4 Å². The molecule has 0 bridgehead atoms. The van der Waals surface area contributed by atoms with Gasteiger partial charge in [-0.05, 0) is 29.8 Å². The van der Waals surface area contributed by atoms with E-state index < -0.39 is 0 Å². The van der Waals surface area contributed by atoms with E-state index in [1.54, 1.807) is 0 Å². The number of fused-ring (bicyclic) bond motifs is 3. The van der Waals surface area contributed by atoms with Crippen molar-refractivity contribution in [3.05, 3.63) is 101 Å². The third-order valence-electron chi connectivity index (χ3n) is 4.98. The fourth-order valence-electron chi connectivity index (χ4n) is 3.75. The number of hydrogen-bond acceptors (Lipinski definition) is 1. The Morgan fingerprint density at radius 3 is 2.30 bits per heavy atom. The van der Waals surface area contributed by atoms with Crippen LogP contribution >= 0.6 is 15.9 Å². The fraction of sp³-hybridized carbons (Fsp3) is 0.0417. The van der Waals surface area contributed by atoms with Crippen LogP contribution in [0.15, 0.2) is 95.6 Å². The van der Waals surface area contributed by atoms with Crippen molar-refractivity contribution in [2.75, 3.05) is 0 Å². The molecule has 0 saturated heterocycles. The van der Waals surface area contributed by atoms with Crippen molar-refractivity contribution in [3.8, 4) is 11.3 Å². The second-order valence-corrected chi connectivity index (χ2v) is 7.57. The van der Waals surface area contributed by atoms with Gasteiger partial charge in [0.25, 0.3) is 0 Å². The Morgan fingerprint density at radius 1 is 0.741 bits per heavy atom. The third-order valence-corrected chi connectivity index (χ3v) is 5.51. The zero-order valence-corrected chi connectivity index (χ0v) is 16.2. The molecular weight excluding hydrogens is 396 g/mol. The van der Waals surface area contributed by atoms with Crippen LogP contribution in [0.3, 0.4) is 0 Å². The maximum absolute atomic E-state index is 4.77. The largest absolute Gasteiger partial charge is 0.334 e. The number of rotatable bonds is 3. The van der Waals surface area contributed by atoms with Crippen LogP contribution in [-0.4, -0.2) is 9.55 Å². The number of hydrogen-bond donors (Lipinski definition) is 0. The van der Waals surface area contributed by atoms with Crippen LogP contribution in [0.1, 0.15) is 5.56 Å². The van der Waals surface area contributed by atoms with E-state index in [2.05, 4.69) is 105 Å². The predicted molar refractivity (Wildman–Crippen MR) is 116 cm³/mol. The summed E-state index contributed by atoms with van der Waals surface area (Å²) in [6.45, 7) is 0.820. The first kappa shape index (κ1) is 16.3. The van der Waals surface area contributed by atoms with Crippen molar-refractivity contribution in [2.45, 2.75) is 6.54 Å². The minimum absolute atomic E-state index is 0.820. The Labute approximate surface area is 166 Å². The maximum atomic E-state index is 4.77. The summed E-state index contributed by atoms with van der Waals surface area (Å²) in [6, 6.07) is 29.7. The highest BCUT2D eigenvalue weighted by atomic mass is 79.9. The second kappa shape index (κ2) is 6.67. The molecule has 5 aromatic rings. The molecule has 0 atom stereocenters. The lowest BCUT2D eigenvalue weighted by Gasteiger charge is -2.11. The minimum Gasteiger partial charge on any atom is -0.334 e. The van der Waals surface area contributed by atoms with Crippen molar-refractivity contribution >= 4 is 37.7 Å². The minimum atomic E-state index is 0.820. The number of aromatic nitrogens is 2. The molecule has 2 heterocycles. The van der Waals surface area contributed by atoms with Crippen LogP contribution in [0.2, 0.25) is 0 Å². The summed E-state index contributed by atoms with van der Waals surface area (Å²) in [4.78, 5) is 4.77. The highest BCUT2D eigenvalue weighted by Crippen LogP contribution is 2.35. The van der Waals surface area contributed by atoms with Gasteiger partial charge in [-0.15, -0.1) is 0 Å². The third kappa shape index (κ3) is 2.84. The molecule has 130 valence electrons. The molecule has 5 rings (SSSR count). The van der Waals surface area contributed by atoms with E-state index >= 15 is 0 Å². The van der Waals surface area contributed by atoms with Gasteiger partial charge in [0.05, 0.1) is 11.2 Å². The molecule has 2 nitrogen and oxygen atoms in total. The monoisotopic (exact) mass is 412 g/mol. The Hall–Kier alpha value is -2.91. The Bertz CT molecular complexity index is 1240. The van der Waals surface area contributed by atoms with E-state index in [4.69, 9.17) is 4.98 Å². The van der Waals surface area contributed by atoms with Gasteiger partial charge in [-0.3, -0.25) is 4.98 Å². The molecule has 27 heavy (non-hydrogen) atoms. The number of pyridine rings is 1. The first-order chi connectivity index (χ1) is 13.3. The SMILES string of the molecule is Brc1ccc(-c2nccc3c4ccccc4n(Cc4ccccc4)c23)cc1. The van der Waals surface area contributed by atoms with Crippen molar-refractivity contribution < 1.29 is 0 Å². The van der Waals surface area contributed by atoms with E-state index in [0.29, 0.717) is 0 Å². The van der Waals surface area contributed by atoms with Gasteiger partial charge in [0.2, 0.25) is 0 Å². The zero-order chi connectivity index (χ0) is 18.2. The van der Waals surface area contributed by atoms with Crippen LogP contribution in [0.5, 0.6) is 0 Å². The Kier molecular flexibility index (Phi) is 4.02. The lowest BCUT2D eigenvalue weighted by Crippen LogP contribution is -2.01. The molecule has 0 radical (unpaired) electrons. The Morgan fingerprint density at radius 2 is 1.48 bits per heavy atom. The summed E-state index contributed by atoms with van der Waals surface area (Å²) < 4.78 is 3.47. The highest BCUT2D eigenvalue weighted by molar-refractivity contribution is 9.10. The van der Waals surface area contributed by atoms with Crippen molar-refractivity contribution in [3.63, 3.8) is 0 Å². The molecule has 0 N–H and O–H groups in total. The molecule has 0 spiro atoms. The van der Waals surface area contributed by atoms with Gasteiger partial charge < -0.3 is 4.57 Å². The molecule has 0 saturated carbocycles. The van der Waals surface area contributed by atoms with Gasteiger partial charge in [0.15, 0.2) is 0 Å². The molecule has 2 aromatic heterocycles. The molecule has 0 amide bonds.